The number of nitro benzene ring substituents is 1. The van der Waals surface area contributed by atoms with Crippen LogP contribution in [-0.2, 0) is 0 Å². The van der Waals surface area contributed by atoms with Gasteiger partial charge in [-0.15, -0.1) is 10.2 Å². The van der Waals surface area contributed by atoms with E-state index in [1.165, 1.54) is 35.5 Å². The summed E-state index contributed by atoms with van der Waals surface area (Å²) in [5.41, 5.74) is 2.60. The van der Waals surface area contributed by atoms with Crippen LogP contribution in [0.1, 0.15) is 11.8 Å². The molecule has 2 rings (SSSR count). The molecule has 8 nitrogen and oxygen atoms in total. The van der Waals surface area contributed by atoms with Crippen molar-refractivity contribution in [2.45, 2.75) is 6.23 Å². The molecular formula is C9H9N5O3. The van der Waals surface area contributed by atoms with Gasteiger partial charge in [-0.1, -0.05) is 12.1 Å². The van der Waals surface area contributed by atoms with Crippen molar-refractivity contribution in [3.8, 4) is 0 Å². The van der Waals surface area contributed by atoms with Crippen LogP contribution in [0, 0.1) is 10.1 Å². The molecule has 0 aliphatic heterocycles. The highest BCUT2D eigenvalue weighted by Gasteiger charge is 2.19. The molecule has 0 amide bonds. The minimum atomic E-state index is -1.22. The molecule has 0 bridgehead atoms. The Labute approximate surface area is 95.6 Å². The number of aromatic nitrogens is 3. The summed E-state index contributed by atoms with van der Waals surface area (Å²) in [6.07, 6.45) is 1.45. The van der Waals surface area contributed by atoms with E-state index in [4.69, 9.17) is 0 Å². The predicted octanol–water partition coefficient (Wildman–Crippen LogP) is 0.421. The number of benzene rings is 1. The molecular weight excluding hydrogens is 226 g/mol. The van der Waals surface area contributed by atoms with Gasteiger partial charge in [-0.3, -0.25) is 15.5 Å². The molecule has 2 aromatic rings. The normalized spacial score (nSPS) is 12.1. The first-order valence-electron chi connectivity index (χ1n) is 4.71. The zero-order valence-corrected chi connectivity index (χ0v) is 8.59. The topological polar surface area (TPSA) is 106 Å². The van der Waals surface area contributed by atoms with Crippen molar-refractivity contribution in [1.29, 1.82) is 0 Å². The number of nitro groups is 1. The third-order valence-corrected chi connectivity index (χ3v) is 2.12. The zero-order chi connectivity index (χ0) is 12.3. The lowest BCUT2D eigenvalue weighted by Crippen LogP contribution is -2.20. The van der Waals surface area contributed by atoms with Crippen LogP contribution in [-0.4, -0.2) is 24.9 Å². The zero-order valence-electron chi connectivity index (χ0n) is 8.59. The molecule has 0 fully saturated rings. The van der Waals surface area contributed by atoms with Crippen LogP contribution in [0.15, 0.2) is 36.9 Å². The Kier molecular flexibility index (Phi) is 2.97. The SMILES string of the molecule is O=[N+]([O-])c1ccccc1[C@@H](O)Nn1cnnc1. The lowest BCUT2D eigenvalue weighted by Gasteiger charge is -2.13. The van der Waals surface area contributed by atoms with Crippen LogP contribution in [0.2, 0.25) is 0 Å². The van der Waals surface area contributed by atoms with Gasteiger partial charge in [0.1, 0.15) is 12.7 Å². The third kappa shape index (κ3) is 2.37. The molecule has 0 saturated carbocycles. The molecule has 1 atom stereocenters. The Morgan fingerprint density at radius 2 is 2.00 bits per heavy atom. The summed E-state index contributed by atoms with van der Waals surface area (Å²) in [5, 5.41) is 27.7. The second-order valence-electron chi connectivity index (χ2n) is 3.22. The number of hydrogen-bond acceptors (Lipinski definition) is 6. The first kappa shape index (κ1) is 11.0. The van der Waals surface area contributed by atoms with Crippen molar-refractivity contribution in [1.82, 2.24) is 14.9 Å². The van der Waals surface area contributed by atoms with Gasteiger partial charge in [0.15, 0.2) is 6.23 Å². The van der Waals surface area contributed by atoms with E-state index in [1.807, 2.05) is 0 Å². The van der Waals surface area contributed by atoms with E-state index >= 15 is 0 Å². The van der Waals surface area contributed by atoms with Crippen molar-refractivity contribution in [2.75, 3.05) is 5.43 Å². The van der Waals surface area contributed by atoms with E-state index in [-0.39, 0.29) is 11.3 Å². The fraction of sp³-hybridized carbons (Fsp3) is 0.111. The molecule has 2 N–H and O–H groups in total. The lowest BCUT2D eigenvalue weighted by molar-refractivity contribution is -0.386. The van der Waals surface area contributed by atoms with Crippen molar-refractivity contribution in [3.05, 3.63) is 52.6 Å². The van der Waals surface area contributed by atoms with Crippen molar-refractivity contribution in [3.63, 3.8) is 0 Å². The molecule has 88 valence electrons. The average Bonchev–Trinajstić information content (AvgIpc) is 2.81. The van der Waals surface area contributed by atoms with E-state index in [0.29, 0.717) is 0 Å². The molecule has 1 aromatic heterocycles. The first-order valence-corrected chi connectivity index (χ1v) is 4.71. The highest BCUT2D eigenvalue weighted by Crippen LogP contribution is 2.23. The molecule has 1 aromatic carbocycles. The predicted molar refractivity (Wildman–Crippen MR) is 57.4 cm³/mol. The quantitative estimate of drug-likeness (QED) is 0.452. The minimum Gasteiger partial charge on any atom is -0.368 e. The largest absolute Gasteiger partial charge is 0.368 e. The Hall–Kier alpha value is -2.48. The van der Waals surface area contributed by atoms with Gasteiger partial charge in [0, 0.05) is 6.07 Å². The molecule has 0 saturated heterocycles. The number of aliphatic hydroxyl groups excluding tert-OH is 1. The summed E-state index contributed by atoms with van der Waals surface area (Å²) in [7, 11) is 0. The number of nitrogens with one attached hydrogen (secondary N) is 1. The highest BCUT2D eigenvalue weighted by atomic mass is 16.6. The molecule has 0 spiro atoms. The van der Waals surface area contributed by atoms with E-state index in [1.54, 1.807) is 6.07 Å². The summed E-state index contributed by atoms with van der Waals surface area (Å²) in [5.74, 6) is 0. The number of hydrogen-bond donors (Lipinski definition) is 2. The summed E-state index contributed by atoms with van der Waals surface area (Å²) in [6.45, 7) is 0. The van der Waals surface area contributed by atoms with Crippen molar-refractivity contribution in [2.24, 2.45) is 0 Å². The van der Waals surface area contributed by atoms with Gasteiger partial charge in [-0.2, -0.15) is 0 Å². The van der Waals surface area contributed by atoms with Crippen LogP contribution in [0.25, 0.3) is 0 Å². The van der Waals surface area contributed by atoms with Gasteiger partial charge in [0.05, 0.1) is 10.5 Å². The number of para-hydroxylation sites is 1. The van der Waals surface area contributed by atoms with E-state index in [9.17, 15) is 15.2 Å². The number of rotatable bonds is 4. The van der Waals surface area contributed by atoms with Crippen LogP contribution >= 0.6 is 0 Å². The van der Waals surface area contributed by atoms with Crippen LogP contribution < -0.4 is 5.43 Å². The standard InChI is InChI=1S/C9H9N5O3/c15-9(12-13-5-10-11-6-13)7-3-1-2-4-8(7)14(16)17/h1-6,9,12,15H/t9-/m1/s1. The van der Waals surface area contributed by atoms with Gasteiger partial charge >= 0.3 is 0 Å². The molecule has 1 heterocycles. The Morgan fingerprint density at radius 3 is 2.65 bits per heavy atom. The monoisotopic (exact) mass is 235 g/mol. The lowest BCUT2D eigenvalue weighted by atomic mass is 10.1. The maximum Gasteiger partial charge on any atom is 0.277 e. The Balaban J connectivity index is 2.24. The summed E-state index contributed by atoms with van der Waals surface area (Å²) < 4.78 is 1.31. The Morgan fingerprint density at radius 1 is 1.35 bits per heavy atom. The maximum absolute atomic E-state index is 10.8. The van der Waals surface area contributed by atoms with Crippen LogP contribution in [0.3, 0.4) is 0 Å². The molecule has 0 unspecified atom stereocenters. The third-order valence-electron chi connectivity index (χ3n) is 2.12. The van der Waals surface area contributed by atoms with E-state index in [0.717, 1.165) is 0 Å². The number of aliphatic hydroxyl groups is 1. The second-order valence-corrected chi connectivity index (χ2v) is 3.22. The van der Waals surface area contributed by atoms with Gasteiger partial charge in [-0.05, 0) is 6.07 Å². The summed E-state index contributed by atoms with van der Waals surface area (Å²) in [6, 6.07) is 5.94. The molecule has 0 radical (unpaired) electrons. The van der Waals surface area contributed by atoms with Crippen LogP contribution in [0.5, 0.6) is 0 Å². The Bertz CT molecular complexity index is 513. The van der Waals surface area contributed by atoms with Gasteiger partial charge in [0.25, 0.3) is 5.69 Å². The first-order chi connectivity index (χ1) is 8.18. The smallest absolute Gasteiger partial charge is 0.277 e. The summed E-state index contributed by atoms with van der Waals surface area (Å²) >= 11 is 0. The number of nitrogens with zero attached hydrogens (tertiary/aromatic N) is 4. The fourth-order valence-corrected chi connectivity index (χ4v) is 1.36. The summed E-state index contributed by atoms with van der Waals surface area (Å²) in [4.78, 5) is 10.2. The van der Waals surface area contributed by atoms with Gasteiger partial charge in [0.2, 0.25) is 0 Å². The second kappa shape index (κ2) is 4.58. The molecule has 0 aliphatic carbocycles. The van der Waals surface area contributed by atoms with Crippen molar-refractivity contribution >= 4 is 5.69 Å². The maximum atomic E-state index is 10.8. The molecule has 17 heavy (non-hydrogen) atoms. The van der Waals surface area contributed by atoms with E-state index < -0.39 is 11.2 Å². The highest BCUT2D eigenvalue weighted by molar-refractivity contribution is 5.41. The van der Waals surface area contributed by atoms with Gasteiger partial charge in [-0.25, -0.2) is 4.68 Å². The van der Waals surface area contributed by atoms with Crippen molar-refractivity contribution < 1.29 is 10.0 Å². The van der Waals surface area contributed by atoms with E-state index in [2.05, 4.69) is 15.6 Å². The molecule has 0 aliphatic rings. The minimum absolute atomic E-state index is 0.152. The molecule has 8 heteroatoms. The average molecular weight is 235 g/mol. The van der Waals surface area contributed by atoms with Crippen LogP contribution in [0.4, 0.5) is 5.69 Å². The fourth-order valence-electron chi connectivity index (χ4n) is 1.36. The van der Waals surface area contributed by atoms with Gasteiger partial charge < -0.3 is 5.11 Å².